The number of halogens is 1. The van der Waals surface area contributed by atoms with Crippen LogP contribution < -0.4 is 11.1 Å². The number of benzene rings is 2. The molecule has 5 heteroatoms. The number of nitrogens with zero attached hydrogens (tertiary/aromatic N) is 2. The normalized spacial score (nSPS) is 11.3. The zero-order chi connectivity index (χ0) is 18.4. The van der Waals surface area contributed by atoms with Crippen LogP contribution in [0, 0.1) is 6.92 Å². The van der Waals surface area contributed by atoms with E-state index in [1.807, 2.05) is 42.5 Å². The summed E-state index contributed by atoms with van der Waals surface area (Å²) in [6.07, 6.45) is 5.93. The van der Waals surface area contributed by atoms with Crippen molar-refractivity contribution in [1.29, 1.82) is 0 Å². The van der Waals surface area contributed by atoms with E-state index in [-0.39, 0.29) is 0 Å². The number of aryl methyl sites for hydroxylation is 1. The van der Waals surface area contributed by atoms with Gasteiger partial charge in [0.15, 0.2) is 5.82 Å². The maximum Gasteiger partial charge on any atom is 0.154 e. The van der Waals surface area contributed by atoms with Crippen LogP contribution in [-0.2, 0) is 0 Å². The van der Waals surface area contributed by atoms with Crippen molar-refractivity contribution in [2.45, 2.75) is 19.8 Å². The highest BCUT2D eigenvalue weighted by Gasteiger charge is 2.06. The van der Waals surface area contributed by atoms with E-state index in [0.717, 1.165) is 46.7 Å². The first-order valence-electron chi connectivity index (χ1n) is 8.82. The molecule has 134 valence electrons. The summed E-state index contributed by atoms with van der Waals surface area (Å²) in [5.41, 5.74) is 8.75. The van der Waals surface area contributed by atoms with E-state index < -0.39 is 0 Å². The van der Waals surface area contributed by atoms with E-state index in [1.165, 1.54) is 5.56 Å². The quantitative estimate of drug-likeness (QED) is 0.583. The minimum atomic E-state index is 0.678. The molecule has 0 aliphatic rings. The van der Waals surface area contributed by atoms with Crippen LogP contribution in [0.15, 0.2) is 42.5 Å². The lowest BCUT2D eigenvalue weighted by Crippen LogP contribution is -2.08. The molecule has 3 rings (SSSR count). The summed E-state index contributed by atoms with van der Waals surface area (Å²) in [5.74, 6) is 1.55. The lowest BCUT2D eigenvalue weighted by Gasteiger charge is -2.10. The van der Waals surface area contributed by atoms with Gasteiger partial charge in [0.1, 0.15) is 5.82 Å². The van der Waals surface area contributed by atoms with Crippen molar-refractivity contribution < 1.29 is 0 Å². The Hall–Kier alpha value is -2.43. The van der Waals surface area contributed by atoms with E-state index in [2.05, 4.69) is 29.4 Å². The first kappa shape index (κ1) is 18.4. The number of anilines is 1. The first-order chi connectivity index (χ1) is 12.7. The highest BCUT2D eigenvalue weighted by atomic mass is 35.5. The van der Waals surface area contributed by atoms with Gasteiger partial charge in [-0.15, -0.1) is 0 Å². The van der Waals surface area contributed by atoms with Crippen LogP contribution in [0.5, 0.6) is 0 Å². The van der Waals surface area contributed by atoms with Gasteiger partial charge in [0.2, 0.25) is 0 Å². The molecule has 1 aromatic heterocycles. The molecule has 0 aliphatic carbocycles. The second-order valence-corrected chi connectivity index (χ2v) is 6.69. The van der Waals surface area contributed by atoms with E-state index in [1.54, 1.807) is 0 Å². The molecule has 0 amide bonds. The summed E-state index contributed by atoms with van der Waals surface area (Å²) in [6, 6.07) is 13.9. The van der Waals surface area contributed by atoms with Crippen molar-refractivity contribution >= 4 is 40.5 Å². The summed E-state index contributed by atoms with van der Waals surface area (Å²) in [5, 5.41) is 5.21. The second-order valence-electron chi connectivity index (χ2n) is 6.26. The molecule has 4 nitrogen and oxygen atoms in total. The van der Waals surface area contributed by atoms with Crippen LogP contribution in [0.4, 0.5) is 5.82 Å². The fourth-order valence-corrected chi connectivity index (χ4v) is 2.82. The minimum Gasteiger partial charge on any atom is -0.369 e. The molecule has 2 aromatic carbocycles. The van der Waals surface area contributed by atoms with E-state index in [0.29, 0.717) is 12.4 Å². The smallest absolute Gasteiger partial charge is 0.154 e. The molecule has 26 heavy (non-hydrogen) atoms. The highest BCUT2D eigenvalue weighted by molar-refractivity contribution is 6.30. The van der Waals surface area contributed by atoms with Gasteiger partial charge in [-0.1, -0.05) is 41.4 Å². The Bertz CT molecular complexity index is 904. The standard InChI is InChI=1S/C21H23ClN4/c1-15-4-10-19-18(14-15)21(24-13-3-2-12-23)26-20(25-19)11-7-16-5-8-17(22)9-6-16/h4-11,14H,2-3,12-13,23H2,1H3,(H,24,25,26)/b11-7+. The molecule has 0 aliphatic heterocycles. The van der Waals surface area contributed by atoms with E-state index >= 15 is 0 Å². The molecule has 0 spiro atoms. The predicted molar refractivity (Wildman–Crippen MR) is 111 cm³/mol. The van der Waals surface area contributed by atoms with Crippen molar-refractivity contribution in [3.05, 3.63) is 64.4 Å². The fourth-order valence-electron chi connectivity index (χ4n) is 2.69. The minimum absolute atomic E-state index is 0.678. The molecule has 3 N–H and O–H groups in total. The monoisotopic (exact) mass is 366 g/mol. The Morgan fingerprint density at radius 2 is 1.85 bits per heavy atom. The molecular weight excluding hydrogens is 344 g/mol. The molecule has 0 unspecified atom stereocenters. The molecule has 0 radical (unpaired) electrons. The number of unbranched alkanes of at least 4 members (excludes halogenated alkanes) is 1. The first-order valence-corrected chi connectivity index (χ1v) is 9.19. The topological polar surface area (TPSA) is 63.8 Å². The molecule has 1 heterocycles. The number of aromatic nitrogens is 2. The van der Waals surface area contributed by atoms with Crippen LogP contribution in [0.3, 0.4) is 0 Å². The van der Waals surface area contributed by atoms with Gasteiger partial charge in [0.05, 0.1) is 5.52 Å². The number of hydrogen-bond donors (Lipinski definition) is 2. The summed E-state index contributed by atoms with van der Waals surface area (Å²) in [7, 11) is 0. The van der Waals surface area contributed by atoms with Gasteiger partial charge in [0.25, 0.3) is 0 Å². The largest absolute Gasteiger partial charge is 0.369 e. The SMILES string of the molecule is Cc1ccc2nc(/C=C/c3ccc(Cl)cc3)nc(NCCCCN)c2c1. The molecule has 0 saturated carbocycles. The Kier molecular flexibility index (Phi) is 6.21. The van der Waals surface area contributed by atoms with Crippen molar-refractivity contribution in [3.8, 4) is 0 Å². The Morgan fingerprint density at radius 1 is 1.04 bits per heavy atom. The van der Waals surface area contributed by atoms with Crippen molar-refractivity contribution in [2.75, 3.05) is 18.4 Å². The Balaban J connectivity index is 1.90. The summed E-state index contributed by atoms with van der Waals surface area (Å²) in [6.45, 7) is 3.63. The molecule has 0 atom stereocenters. The van der Waals surface area contributed by atoms with Gasteiger partial charge in [-0.05, 0) is 62.2 Å². The molecule has 0 bridgehead atoms. The lowest BCUT2D eigenvalue weighted by molar-refractivity contribution is 0.772. The molecular formula is C21H23ClN4. The van der Waals surface area contributed by atoms with Crippen molar-refractivity contribution in [2.24, 2.45) is 5.73 Å². The Labute approximate surface area is 159 Å². The van der Waals surface area contributed by atoms with Crippen LogP contribution in [0.25, 0.3) is 23.1 Å². The third-order valence-corrected chi connectivity index (χ3v) is 4.34. The Morgan fingerprint density at radius 3 is 2.62 bits per heavy atom. The summed E-state index contributed by atoms with van der Waals surface area (Å²) in [4.78, 5) is 9.38. The molecule has 3 aromatic rings. The third kappa shape index (κ3) is 4.81. The molecule has 0 saturated heterocycles. The van der Waals surface area contributed by atoms with E-state index in [4.69, 9.17) is 22.3 Å². The number of rotatable bonds is 7. The number of nitrogens with one attached hydrogen (secondary N) is 1. The van der Waals surface area contributed by atoms with Gasteiger partial charge in [-0.2, -0.15) is 0 Å². The highest BCUT2D eigenvalue weighted by Crippen LogP contribution is 2.23. The number of fused-ring (bicyclic) bond motifs is 1. The zero-order valence-corrected chi connectivity index (χ0v) is 15.6. The van der Waals surface area contributed by atoms with Crippen LogP contribution in [-0.4, -0.2) is 23.1 Å². The van der Waals surface area contributed by atoms with Gasteiger partial charge in [-0.3, -0.25) is 0 Å². The van der Waals surface area contributed by atoms with Gasteiger partial charge >= 0.3 is 0 Å². The van der Waals surface area contributed by atoms with Crippen molar-refractivity contribution in [1.82, 2.24) is 9.97 Å². The van der Waals surface area contributed by atoms with Crippen LogP contribution >= 0.6 is 11.6 Å². The number of hydrogen-bond acceptors (Lipinski definition) is 4. The molecule has 0 fully saturated rings. The van der Waals surface area contributed by atoms with Gasteiger partial charge < -0.3 is 11.1 Å². The van der Waals surface area contributed by atoms with E-state index in [9.17, 15) is 0 Å². The maximum absolute atomic E-state index is 5.93. The average Bonchev–Trinajstić information content (AvgIpc) is 2.65. The number of nitrogens with two attached hydrogens (primary N) is 1. The zero-order valence-electron chi connectivity index (χ0n) is 14.9. The van der Waals surface area contributed by atoms with Crippen molar-refractivity contribution in [3.63, 3.8) is 0 Å². The fraction of sp³-hybridized carbons (Fsp3) is 0.238. The summed E-state index contributed by atoms with van der Waals surface area (Å²) >= 11 is 5.93. The average molecular weight is 367 g/mol. The lowest BCUT2D eigenvalue weighted by atomic mass is 10.1. The predicted octanol–water partition coefficient (Wildman–Crippen LogP) is 4.91. The summed E-state index contributed by atoms with van der Waals surface area (Å²) < 4.78 is 0. The third-order valence-electron chi connectivity index (χ3n) is 4.09. The van der Waals surface area contributed by atoms with Crippen LogP contribution in [0.2, 0.25) is 5.02 Å². The van der Waals surface area contributed by atoms with Crippen LogP contribution in [0.1, 0.15) is 29.8 Å². The van der Waals surface area contributed by atoms with Gasteiger partial charge in [-0.25, -0.2) is 9.97 Å². The second kappa shape index (κ2) is 8.79. The maximum atomic E-state index is 5.93. The van der Waals surface area contributed by atoms with Gasteiger partial charge in [0, 0.05) is 17.0 Å².